The molecule has 142 valence electrons. The molecule has 0 saturated carbocycles. The first kappa shape index (κ1) is 19.5. The predicted molar refractivity (Wildman–Crippen MR) is 47.7 cm³/mol. The van der Waals surface area contributed by atoms with Gasteiger partial charge in [-0.1, -0.05) is 0 Å². The van der Waals surface area contributed by atoms with Crippen LogP contribution >= 0.6 is 0 Å². The molecule has 1 aromatic rings. The van der Waals surface area contributed by atoms with Crippen LogP contribution in [0.15, 0.2) is 0 Å². The second-order valence-corrected chi connectivity index (χ2v) is 4.65. The van der Waals surface area contributed by atoms with Gasteiger partial charge in [-0.3, -0.25) is 4.74 Å². The zero-order chi connectivity index (χ0) is 19.8. The molecule has 2 rings (SSSR count). The number of halogens is 13. The van der Waals surface area contributed by atoms with E-state index in [9.17, 15) is 57.1 Å². The fraction of sp³-hybridized carbons (Fsp3) is 0.500. The lowest BCUT2D eigenvalue weighted by Gasteiger charge is -2.57. The van der Waals surface area contributed by atoms with Gasteiger partial charge in [0.2, 0.25) is 0 Å². The quantitative estimate of drug-likeness (QED) is 0.521. The second kappa shape index (κ2) is 4.88. The van der Waals surface area contributed by atoms with Gasteiger partial charge in [0.15, 0.2) is 11.6 Å². The molecule has 1 aliphatic rings. The van der Waals surface area contributed by atoms with Crippen LogP contribution in [-0.4, -0.2) is 29.0 Å². The minimum absolute atomic E-state index is 1.73. The summed E-state index contributed by atoms with van der Waals surface area (Å²) in [6.45, 7) is 0. The first-order valence-corrected chi connectivity index (χ1v) is 5.56. The number of aromatic nitrogens is 1. The van der Waals surface area contributed by atoms with Crippen LogP contribution < -0.4 is 0 Å². The summed E-state index contributed by atoms with van der Waals surface area (Å²) in [6, 6.07) is 0. The molecule has 2 nitrogen and oxygen atoms in total. The van der Waals surface area contributed by atoms with E-state index in [1.807, 2.05) is 0 Å². The van der Waals surface area contributed by atoms with E-state index in [-0.39, 0.29) is 0 Å². The molecule has 1 saturated heterocycles. The van der Waals surface area contributed by atoms with E-state index in [1.54, 1.807) is 4.98 Å². The molecule has 2 heterocycles. The SMILES string of the molecule is Fc1nc(F)c(F)c(C2(F)C(F)(F)OC2(C(F)(F)F)C(F)(F)F)c1F. The molecule has 25 heavy (non-hydrogen) atoms. The number of nitrogens with zero attached hydrogens (tertiary/aromatic N) is 1. The van der Waals surface area contributed by atoms with E-state index in [2.05, 4.69) is 4.74 Å². The fourth-order valence-corrected chi connectivity index (χ4v) is 2.27. The van der Waals surface area contributed by atoms with Crippen molar-refractivity contribution in [3.05, 3.63) is 29.1 Å². The van der Waals surface area contributed by atoms with Gasteiger partial charge in [-0.05, 0) is 0 Å². The normalized spacial score (nSPS) is 25.6. The van der Waals surface area contributed by atoms with Gasteiger partial charge in [-0.2, -0.15) is 48.9 Å². The lowest BCUT2D eigenvalue weighted by Crippen LogP contribution is -2.84. The summed E-state index contributed by atoms with van der Waals surface area (Å²) in [5.41, 5.74) is -16.4. The molecule has 0 spiro atoms. The first-order chi connectivity index (χ1) is 11.0. The molecule has 0 amide bonds. The zero-order valence-corrected chi connectivity index (χ0v) is 10.8. The second-order valence-electron chi connectivity index (χ2n) is 4.65. The van der Waals surface area contributed by atoms with Crippen molar-refractivity contribution in [2.24, 2.45) is 0 Å². The Morgan fingerprint density at radius 2 is 1.08 bits per heavy atom. The Bertz CT molecular complexity index is 683. The molecule has 1 aromatic heterocycles. The van der Waals surface area contributed by atoms with E-state index in [4.69, 9.17) is 0 Å². The highest BCUT2D eigenvalue weighted by atomic mass is 19.4. The molecule has 15 heteroatoms. The summed E-state index contributed by atoms with van der Waals surface area (Å²) >= 11 is 0. The Morgan fingerprint density at radius 3 is 1.36 bits per heavy atom. The Hall–Kier alpha value is -1.80. The lowest BCUT2D eigenvalue weighted by molar-refractivity contribution is -0.581. The van der Waals surface area contributed by atoms with Crippen molar-refractivity contribution < 1.29 is 61.8 Å². The summed E-state index contributed by atoms with van der Waals surface area (Å²) in [5.74, 6) is -12.5. The molecule has 0 aliphatic carbocycles. The molecule has 0 radical (unpaired) electrons. The molecule has 0 N–H and O–H groups in total. The average molecular weight is 397 g/mol. The largest absolute Gasteiger partial charge is 0.430 e. The van der Waals surface area contributed by atoms with Gasteiger partial charge in [0, 0.05) is 0 Å². The van der Waals surface area contributed by atoms with Crippen molar-refractivity contribution in [2.75, 3.05) is 0 Å². The maximum Gasteiger partial charge on any atom is 0.430 e. The third-order valence-corrected chi connectivity index (χ3v) is 3.31. The Labute approximate surface area is 127 Å². The molecular formula is C10F13NO. The van der Waals surface area contributed by atoms with Gasteiger partial charge < -0.3 is 0 Å². The topological polar surface area (TPSA) is 22.1 Å². The Kier molecular flexibility index (Phi) is 3.81. The molecular weight excluding hydrogens is 397 g/mol. The fourth-order valence-electron chi connectivity index (χ4n) is 2.27. The summed E-state index contributed by atoms with van der Waals surface area (Å²) in [4.78, 5) is 1.73. The third-order valence-electron chi connectivity index (χ3n) is 3.31. The van der Waals surface area contributed by atoms with Crippen molar-refractivity contribution in [2.45, 2.75) is 29.7 Å². The van der Waals surface area contributed by atoms with Crippen LogP contribution in [0.5, 0.6) is 0 Å². The van der Waals surface area contributed by atoms with Crippen LogP contribution in [0.3, 0.4) is 0 Å². The maximum absolute atomic E-state index is 14.5. The van der Waals surface area contributed by atoms with Crippen LogP contribution in [0.25, 0.3) is 0 Å². The van der Waals surface area contributed by atoms with E-state index in [0.29, 0.717) is 0 Å². The Morgan fingerprint density at radius 1 is 0.720 bits per heavy atom. The monoisotopic (exact) mass is 397 g/mol. The van der Waals surface area contributed by atoms with Gasteiger partial charge >= 0.3 is 24.1 Å². The summed E-state index contributed by atoms with van der Waals surface area (Å²) in [5, 5.41) is 0. The predicted octanol–water partition coefficient (Wildman–Crippen LogP) is 4.29. The number of pyridine rings is 1. The number of ether oxygens (including phenoxy) is 1. The summed E-state index contributed by atoms with van der Waals surface area (Å²) < 4.78 is 173. The molecule has 0 bridgehead atoms. The van der Waals surface area contributed by atoms with Crippen LogP contribution in [0.1, 0.15) is 5.56 Å². The minimum atomic E-state index is -7.06. The molecule has 1 unspecified atom stereocenters. The van der Waals surface area contributed by atoms with Crippen molar-refractivity contribution in [1.29, 1.82) is 0 Å². The van der Waals surface area contributed by atoms with Crippen molar-refractivity contribution in [1.82, 2.24) is 4.98 Å². The molecule has 0 aromatic carbocycles. The van der Waals surface area contributed by atoms with Gasteiger partial charge in [0.05, 0.1) is 5.56 Å². The van der Waals surface area contributed by atoms with Gasteiger partial charge in [-0.25, -0.2) is 13.2 Å². The van der Waals surface area contributed by atoms with E-state index < -0.39 is 58.8 Å². The Balaban J connectivity index is 2.98. The highest BCUT2D eigenvalue weighted by Crippen LogP contribution is 2.71. The van der Waals surface area contributed by atoms with Crippen LogP contribution in [-0.2, 0) is 10.4 Å². The smallest absolute Gasteiger partial charge is 0.288 e. The van der Waals surface area contributed by atoms with Gasteiger partial charge in [0.1, 0.15) is 0 Å². The lowest BCUT2D eigenvalue weighted by atomic mass is 9.71. The average Bonchev–Trinajstić information content (AvgIpc) is 2.39. The summed E-state index contributed by atoms with van der Waals surface area (Å²) in [7, 11) is 0. The van der Waals surface area contributed by atoms with Gasteiger partial charge in [-0.15, -0.1) is 0 Å². The molecule has 1 atom stereocenters. The highest BCUT2D eigenvalue weighted by Gasteiger charge is 2.99. The van der Waals surface area contributed by atoms with Crippen molar-refractivity contribution in [3.8, 4) is 0 Å². The van der Waals surface area contributed by atoms with Crippen molar-refractivity contribution >= 4 is 0 Å². The number of hydrogen-bond donors (Lipinski definition) is 0. The van der Waals surface area contributed by atoms with Crippen LogP contribution in [0, 0.1) is 23.5 Å². The van der Waals surface area contributed by atoms with Crippen molar-refractivity contribution in [3.63, 3.8) is 0 Å². The highest BCUT2D eigenvalue weighted by molar-refractivity contribution is 5.38. The summed E-state index contributed by atoms with van der Waals surface area (Å²) in [6.07, 6.45) is -20.3. The number of hydrogen-bond acceptors (Lipinski definition) is 2. The first-order valence-electron chi connectivity index (χ1n) is 5.56. The maximum atomic E-state index is 14.5. The zero-order valence-electron chi connectivity index (χ0n) is 10.8. The third kappa shape index (κ3) is 2.07. The van der Waals surface area contributed by atoms with Crippen LogP contribution in [0.4, 0.5) is 57.1 Å². The molecule has 1 fully saturated rings. The van der Waals surface area contributed by atoms with E-state index in [0.717, 1.165) is 0 Å². The van der Waals surface area contributed by atoms with E-state index in [1.165, 1.54) is 0 Å². The minimum Gasteiger partial charge on any atom is -0.288 e. The molecule has 1 aliphatic heterocycles. The standard InChI is InChI=1S/C10F13NO/c11-2-1(3(12)5(14)24-4(2)13)6(15)7(8(16,17)18,9(19,20)21)25-10(6,22)23. The number of rotatable bonds is 1. The van der Waals surface area contributed by atoms with Gasteiger partial charge in [0.25, 0.3) is 17.6 Å². The number of alkyl halides is 9. The van der Waals surface area contributed by atoms with E-state index >= 15 is 0 Å². The van der Waals surface area contributed by atoms with Crippen LogP contribution in [0.2, 0.25) is 0 Å².